The number of nitrogens with zero attached hydrogens (tertiary/aromatic N) is 1. The van der Waals surface area contributed by atoms with Crippen LogP contribution in [0.1, 0.15) is 22.8 Å². The minimum absolute atomic E-state index is 0.0460. The van der Waals surface area contributed by atoms with Crippen molar-refractivity contribution >= 4 is 5.78 Å². The number of hydrogen-bond acceptors (Lipinski definition) is 3. The second kappa shape index (κ2) is 4.41. The molecule has 0 fully saturated rings. The Morgan fingerprint density at radius 3 is 2.82 bits per heavy atom. The molecule has 0 bridgehead atoms. The Balaban J connectivity index is 2.58. The van der Waals surface area contributed by atoms with Gasteiger partial charge in [0.2, 0.25) is 0 Å². The third kappa shape index (κ3) is 2.06. The van der Waals surface area contributed by atoms with Gasteiger partial charge in [0.05, 0.1) is 13.3 Å². The number of carbonyl (C=O) groups excluding carboxylic acids is 1. The zero-order chi connectivity index (χ0) is 12.4. The molecular formula is C13H14N2O2. The number of nitrogens with one attached hydrogen (secondary N) is 1. The number of methoxy groups -OCH3 is 1. The van der Waals surface area contributed by atoms with Crippen LogP contribution in [0, 0.1) is 6.92 Å². The molecule has 0 aliphatic rings. The lowest BCUT2D eigenvalue weighted by atomic mass is 10.0. The lowest BCUT2D eigenvalue weighted by Crippen LogP contribution is -1.95. The summed E-state index contributed by atoms with van der Waals surface area (Å²) in [7, 11) is 1.60. The topological polar surface area (TPSA) is 55.0 Å². The summed E-state index contributed by atoms with van der Waals surface area (Å²) >= 11 is 0. The first-order chi connectivity index (χ1) is 8.13. The van der Waals surface area contributed by atoms with E-state index in [1.54, 1.807) is 20.2 Å². The quantitative estimate of drug-likeness (QED) is 0.824. The van der Waals surface area contributed by atoms with Gasteiger partial charge >= 0.3 is 0 Å². The summed E-state index contributed by atoms with van der Waals surface area (Å²) in [4.78, 5) is 11.4. The molecule has 0 aliphatic carbocycles. The monoisotopic (exact) mass is 230 g/mol. The van der Waals surface area contributed by atoms with Crippen LogP contribution in [0.4, 0.5) is 0 Å². The molecule has 2 rings (SSSR count). The molecule has 0 unspecified atom stereocenters. The van der Waals surface area contributed by atoms with Crippen LogP contribution in [0.25, 0.3) is 11.3 Å². The summed E-state index contributed by atoms with van der Waals surface area (Å²) in [6.07, 6.45) is 1.62. The van der Waals surface area contributed by atoms with Gasteiger partial charge in [-0.05, 0) is 25.5 Å². The average molecular weight is 230 g/mol. The molecule has 1 heterocycles. The van der Waals surface area contributed by atoms with Crippen molar-refractivity contribution in [1.29, 1.82) is 0 Å². The number of rotatable bonds is 3. The summed E-state index contributed by atoms with van der Waals surface area (Å²) < 4.78 is 5.22. The standard InChI is InChI=1S/C13H14N2O2/c1-8-4-5-10(9(2)16)6-11(8)13-12(17-3)7-14-15-13/h4-7H,1-3H3,(H,14,15). The first-order valence-electron chi connectivity index (χ1n) is 5.33. The predicted octanol–water partition coefficient (Wildman–Crippen LogP) is 2.60. The molecule has 2 aromatic rings. The number of ether oxygens (including phenoxy) is 1. The minimum atomic E-state index is 0.0460. The van der Waals surface area contributed by atoms with Gasteiger partial charge in [-0.1, -0.05) is 12.1 Å². The zero-order valence-corrected chi connectivity index (χ0v) is 10.1. The highest BCUT2D eigenvalue weighted by molar-refractivity contribution is 5.95. The molecule has 4 nitrogen and oxygen atoms in total. The number of Topliss-reactive ketones (excluding diaryl/α,β-unsaturated/α-hetero) is 1. The van der Waals surface area contributed by atoms with E-state index in [0.717, 1.165) is 16.8 Å². The number of aryl methyl sites for hydroxylation is 1. The van der Waals surface area contributed by atoms with Crippen molar-refractivity contribution in [3.8, 4) is 17.0 Å². The van der Waals surface area contributed by atoms with E-state index in [-0.39, 0.29) is 5.78 Å². The summed E-state index contributed by atoms with van der Waals surface area (Å²) in [5.41, 5.74) is 3.49. The molecule has 0 saturated heterocycles. The zero-order valence-electron chi connectivity index (χ0n) is 10.1. The van der Waals surface area contributed by atoms with E-state index >= 15 is 0 Å². The van der Waals surface area contributed by atoms with Crippen LogP contribution >= 0.6 is 0 Å². The van der Waals surface area contributed by atoms with Crippen molar-refractivity contribution < 1.29 is 9.53 Å². The largest absolute Gasteiger partial charge is 0.493 e. The summed E-state index contributed by atoms with van der Waals surface area (Å²) in [5.74, 6) is 0.721. The fourth-order valence-corrected chi connectivity index (χ4v) is 1.73. The van der Waals surface area contributed by atoms with Gasteiger partial charge in [-0.3, -0.25) is 9.89 Å². The first kappa shape index (κ1) is 11.4. The van der Waals surface area contributed by atoms with Crippen molar-refractivity contribution in [2.24, 2.45) is 0 Å². The smallest absolute Gasteiger partial charge is 0.164 e. The van der Waals surface area contributed by atoms with Gasteiger partial charge in [0.15, 0.2) is 11.5 Å². The van der Waals surface area contributed by atoms with E-state index in [9.17, 15) is 4.79 Å². The Bertz CT molecular complexity index is 558. The highest BCUT2D eigenvalue weighted by Crippen LogP contribution is 2.30. The highest BCUT2D eigenvalue weighted by Gasteiger charge is 2.12. The molecule has 0 spiro atoms. The van der Waals surface area contributed by atoms with Gasteiger partial charge in [0.1, 0.15) is 5.69 Å². The number of aromatic amines is 1. The molecule has 0 radical (unpaired) electrons. The lowest BCUT2D eigenvalue weighted by molar-refractivity contribution is 0.101. The van der Waals surface area contributed by atoms with Crippen molar-refractivity contribution in [1.82, 2.24) is 10.2 Å². The number of benzene rings is 1. The molecule has 0 saturated carbocycles. The van der Waals surface area contributed by atoms with Crippen molar-refractivity contribution in [3.05, 3.63) is 35.5 Å². The maximum Gasteiger partial charge on any atom is 0.164 e. The van der Waals surface area contributed by atoms with E-state index in [0.29, 0.717) is 11.3 Å². The third-order valence-corrected chi connectivity index (χ3v) is 2.74. The van der Waals surface area contributed by atoms with Gasteiger partial charge in [-0.15, -0.1) is 0 Å². The summed E-state index contributed by atoms with van der Waals surface area (Å²) in [6, 6.07) is 5.60. The van der Waals surface area contributed by atoms with Crippen LogP contribution in [0.2, 0.25) is 0 Å². The Morgan fingerprint density at radius 1 is 1.41 bits per heavy atom. The van der Waals surface area contributed by atoms with E-state index in [1.807, 2.05) is 25.1 Å². The van der Waals surface area contributed by atoms with Gasteiger partial charge in [0.25, 0.3) is 0 Å². The molecule has 0 aliphatic heterocycles. The van der Waals surface area contributed by atoms with Crippen molar-refractivity contribution in [2.75, 3.05) is 7.11 Å². The highest BCUT2D eigenvalue weighted by atomic mass is 16.5. The molecule has 1 aromatic heterocycles. The Morgan fingerprint density at radius 2 is 2.18 bits per heavy atom. The Labute approximate surface area is 99.6 Å². The summed E-state index contributed by atoms with van der Waals surface area (Å²) in [6.45, 7) is 3.54. The second-order valence-electron chi connectivity index (χ2n) is 3.90. The lowest BCUT2D eigenvalue weighted by Gasteiger charge is -2.07. The van der Waals surface area contributed by atoms with Crippen LogP contribution in [-0.2, 0) is 0 Å². The fraction of sp³-hybridized carbons (Fsp3) is 0.231. The predicted molar refractivity (Wildman–Crippen MR) is 65.3 cm³/mol. The third-order valence-electron chi connectivity index (χ3n) is 2.74. The second-order valence-corrected chi connectivity index (χ2v) is 3.90. The van der Waals surface area contributed by atoms with Crippen LogP contribution in [0.5, 0.6) is 5.75 Å². The maximum absolute atomic E-state index is 11.4. The number of aromatic nitrogens is 2. The van der Waals surface area contributed by atoms with Crippen LogP contribution in [0.15, 0.2) is 24.4 Å². The van der Waals surface area contributed by atoms with Gasteiger partial charge < -0.3 is 4.74 Å². The minimum Gasteiger partial charge on any atom is -0.493 e. The van der Waals surface area contributed by atoms with E-state index in [4.69, 9.17) is 4.74 Å². The van der Waals surface area contributed by atoms with Crippen LogP contribution in [-0.4, -0.2) is 23.1 Å². The normalized spacial score (nSPS) is 10.3. The van der Waals surface area contributed by atoms with Crippen LogP contribution < -0.4 is 4.74 Å². The van der Waals surface area contributed by atoms with Crippen molar-refractivity contribution in [2.45, 2.75) is 13.8 Å². The molecule has 4 heteroatoms. The SMILES string of the molecule is COc1cn[nH]c1-c1cc(C(C)=O)ccc1C. The number of hydrogen-bond donors (Lipinski definition) is 1. The molecule has 88 valence electrons. The number of ketones is 1. The molecule has 1 N–H and O–H groups in total. The first-order valence-corrected chi connectivity index (χ1v) is 5.33. The van der Waals surface area contributed by atoms with Gasteiger partial charge in [-0.2, -0.15) is 5.10 Å². The number of H-pyrrole nitrogens is 1. The molecular weight excluding hydrogens is 216 g/mol. The number of carbonyl (C=O) groups is 1. The Hall–Kier alpha value is -2.10. The van der Waals surface area contributed by atoms with Crippen LogP contribution in [0.3, 0.4) is 0 Å². The van der Waals surface area contributed by atoms with Gasteiger partial charge in [-0.25, -0.2) is 0 Å². The maximum atomic E-state index is 11.4. The van der Waals surface area contributed by atoms with E-state index in [1.165, 1.54) is 0 Å². The molecule has 17 heavy (non-hydrogen) atoms. The molecule has 0 amide bonds. The van der Waals surface area contributed by atoms with E-state index in [2.05, 4.69) is 10.2 Å². The summed E-state index contributed by atoms with van der Waals surface area (Å²) in [5, 5.41) is 6.84. The molecule has 1 aromatic carbocycles. The van der Waals surface area contributed by atoms with E-state index < -0.39 is 0 Å². The average Bonchev–Trinajstić information content (AvgIpc) is 2.77. The van der Waals surface area contributed by atoms with Gasteiger partial charge in [0, 0.05) is 11.1 Å². The fourth-order valence-electron chi connectivity index (χ4n) is 1.73. The molecule has 0 atom stereocenters. The van der Waals surface area contributed by atoms with Crippen molar-refractivity contribution in [3.63, 3.8) is 0 Å². The Kier molecular flexibility index (Phi) is 2.95.